The highest BCUT2D eigenvalue weighted by molar-refractivity contribution is 14.1. The molecule has 4 aromatic heterocycles. The number of esters is 2. The van der Waals surface area contributed by atoms with Gasteiger partial charge in [-0.05, 0) is 162 Å². The van der Waals surface area contributed by atoms with Crippen molar-refractivity contribution in [2.45, 2.75) is 107 Å². The van der Waals surface area contributed by atoms with Crippen molar-refractivity contribution in [3.05, 3.63) is 95.5 Å². The molecule has 6 aromatic rings. The van der Waals surface area contributed by atoms with Gasteiger partial charge in [-0.2, -0.15) is 0 Å². The monoisotopic (exact) mass is 966 g/mol. The van der Waals surface area contributed by atoms with Crippen molar-refractivity contribution < 1.29 is 38.6 Å². The standard InChI is InChI=1S/C23H27NO3S.C16H20INO2S.C7H9BO3/c1-8-17-13(2)18-19(15-9-11-16(26-7)12-10-15)20(22(25)27-23(4,5)6)28-21(18)24-14(17)3;1-7-10-8(2)11-12(17)13(15(19)20-16(4,5)6)21-14(11)18-9(10)3;1-11-7-4-2-6(3-5-7)8(9)10/h9-12H,8H2,1-7H3;7H2,1-6H3;2-5,9-10H,1H3. The molecule has 320 valence electrons. The van der Waals surface area contributed by atoms with E-state index in [0.29, 0.717) is 21.0 Å². The summed E-state index contributed by atoms with van der Waals surface area (Å²) in [6.07, 6.45) is 1.86. The first-order chi connectivity index (χ1) is 28.0. The normalized spacial score (nSPS) is 11.3. The fourth-order valence-electron chi connectivity index (χ4n) is 6.71. The average molecular weight is 967 g/mol. The average Bonchev–Trinajstić information content (AvgIpc) is 3.72. The lowest BCUT2D eigenvalue weighted by molar-refractivity contribution is 0.00624. The lowest BCUT2D eigenvalue weighted by Crippen LogP contribution is -2.29. The third-order valence-electron chi connectivity index (χ3n) is 9.46. The number of ether oxygens (including phenoxy) is 4. The summed E-state index contributed by atoms with van der Waals surface area (Å²) in [5, 5.41) is 19.5. The Morgan fingerprint density at radius 3 is 1.48 bits per heavy atom. The van der Waals surface area contributed by atoms with E-state index in [1.54, 1.807) is 38.5 Å². The molecule has 0 saturated carbocycles. The number of aromatic nitrogens is 2. The van der Waals surface area contributed by atoms with Gasteiger partial charge in [-0.1, -0.05) is 38.1 Å². The summed E-state index contributed by atoms with van der Waals surface area (Å²) in [4.78, 5) is 37.9. The van der Waals surface area contributed by atoms with Crippen LogP contribution in [-0.4, -0.2) is 64.5 Å². The summed E-state index contributed by atoms with van der Waals surface area (Å²) in [6, 6.07) is 14.3. The number of carbonyl (C=O) groups excluding carboxylic acids is 2. The van der Waals surface area contributed by atoms with E-state index in [-0.39, 0.29) is 11.9 Å². The summed E-state index contributed by atoms with van der Waals surface area (Å²) in [5.74, 6) is 0.915. The van der Waals surface area contributed by atoms with Gasteiger partial charge < -0.3 is 29.0 Å². The number of aryl methyl sites for hydroxylation is 4. The minimum Gasteiger partial charge on any atom is -0.497 e. The lowest BCUT2D eigenvalue weighted by Gasteiger charge is -2.19. The molecule has 0 radical (unpaired) electrons. The van der Waals surface area contributed by atoms with Gasteiger partial charge in [0.15, 0.2) is 0 Å². The minimum absolute atomic E-state index is 0.259. The van der Waals surface area contributed by atoms with Crippen LogP contribution in [0.4, 0.5) is 0 Å². The van der Waals surface area contributed by atoms with Gasteiger partial charge >= 0.3 is 19.1 Å². The number of nitrogens with zero attached hydrogens (tertiary/aromatic N) is 2. The zero-order valence-corrected chi connectivity index (χ0v) is 40.8. The predicted octanol–water partition coefficient (Wildman–Crippen LogP) is 10.5. The second kappa shape index (κ2) is 20.2. The van der Waals surface area contributed by atoms with Crippen molar-refractivity contribution in [2.24, 2.45) is 0 Å². The molecule has 60 heavy (non-hydrogen) atoms. The lowest BCUT2D eigenvalue weighted by atomic mass is 9.80. The first kappa shape index (κ1) is 48.6. The van der Waals surface area contributed by atoms with E-state index < -0.39 is 18.3 Å². The highest BCUT2D eigenvalue weighted by Gasteiger charge is 2.28. The van der Waals surface area contributed by atoms with Crippen LogP contribution in [0.1, 0.15) is 108 Å². The van der Waals surface area contributed by atoms with E-state index in [1.807, 2.05) is 79.7 Å². The van der Waals surface area contributed by atoms with Crippen LogP contribution in [0.15, 0.2) is 48.5 Å². The van der Waals surface area contributed by atoms with Gasteiger partial charge in [0.05, 0.1) is 14.2 Å². The topological polar surface area (TPSA) is 137 Å². The molecule has 0 atom stereocenters. The Kier molecular flexibility index (Phi) is 16.3. The van der Waals surface area contributed by atoms with Gasteiger partial charge in [0.1, 0.15) is 42.1 Å². The van der Waals surface area contributed by atoms with Gasteiger partial charge in [-0.15, -0.1) is 22.7 Å². The minimum atomic E-state index is -1.40. The molecule has 0 aliphatic heterocycles. The highest BCUT2D eigenvalue weighted by atomic mass is 127. The maximum atomic E-state index is 13.0. The Bertz CT molecular complexity index is 2460. The van der Waals surface area contributed by atoms with Crippen LogP contribution in [0.5, 0.6) is 11.5 Å². The largest absolute Gasteiger partial charge is 0.497 e. The number of pyridine rings is 2. The number of methoxy groups -OCH3 is 2. The first-order valence-electron chi connectivity index (χ1n) is 19.7. The summed E-state index contributed by atoms with van der Waals surface area (Å²) >= 11 is 5.08. The van der Waals surface area contributed by atoms with Crippen LogP contribution in [0.3, 0.4) is 0 Å². The number of carbonyl (C=O) groups is 2. The molecule has 0 saturated heterocycles. The maximum absolute atomic E-state index is 13.0. The third-order valence-corrected chi connectivity index (χ3v) is 13.0. The summed E-state index contributed by atoms with van der Waals surface area (Å²) in [7, 11) is 1.80. The number of fused-ring (bicyclic) bond motifs is 2. The van der Waals surface area contributed by atoms with Gasteiger partial charge in [-0.25, -0.2) is 19.6 Å². The zero-order chi connectivity index (χ0) is 44.9. The number of benzene rings is 2. The van der Waals surface area contributed by atoms with Crippen molar-refractivity contribution in [3.63, 3.8) is 0 Å². The number of halogens is 1. The quantitative estimate of drug-likeness (QED) is 0.0862. The van der Waals surface area contributed by atoms with Crippen molar-refractivity contribution >= 4 is 90.2 Å². The molecule has 2 aromatic carbocycles. The summed E-state index contributed by atoms with van der Waals surface area (Å²) < 4.78 is 22.3. The summed E-state index contributed by atoms with van der Waals surface area (Å²) in [6.45, 7) is 23.9. The molecular weight excluding hydrogens is 910 g/mol. The van der Waals surface area contributed by atoms with Crippen molar-refractivity contribution in [3.8, 4) is 22.6 Å². The Morgan fingerprint density at radius 2 is 1.07 bits per heavy atom. The molecule has 0 fully saturated rings. The molecule has 0 spiro atoms. The van der Waals surface area contributed by atoms with E-state index in [9.17, 15) is 9.59 Å². The Labute approximate surface area is 376 Å². The first-order valence-corrected chi connectivity index (χ1v) is 22.4. The van der Waals surface area contributed by atoms with Gasteiger partial charge in [0.25, 0.3) is 0 Å². The molecule has 0 unspecified atom stereocenters. The van der Waals surface area contributed by atoms with Gasteiger partial charge in [0, 0.05) is 31.3 Å². The van der Waals surface area contributed by atoms with Crippen LogP contribution in [0, 0.1) is 31.3 Å². The maximum Gasteiger partial charge on any atom is 0.488 e. The third kappa shape index (κ3) is 11.6. The Balaban J connectivity index is 0.000000217. The van der Waals surface area contributed by atoms with Crippen LogP contribution >= 0.6 is 45.3 Å². The molecule has 0 aliphatic carbocycles. The molecule has 4 heterocycles. The number of thiophene rings is 2. The number of hydrogen-bond donors (Lipinski definition) is 2. The molecule has 14 heteroatoms. The van der Waals surface area contributed by atoms with Gasteiger partial charge in [0.2, 0.25) is 0 Å². The molecule has 6 rings (SSSR count). The van der Waals surface area contributed by atoms with Crippen molar-refractivity contribution in [1.82, 2.24) is 9.97 Å². The molecule has 0 bridgehead atoms. The fraction of sp³-hybridized carbons (Fsp3) is 0.391. The summed E-state index contributed by atoms with van der Waals surface area (Å²) in [5.41, 5.74) is 8.27. The van der Waals surface area contributed by atoms with Crippen LogP contribution in [0.25, 0.3) is 31.6 Å². The van der Waals surface area contributed by atoms with Gasteiger partial charge in [-0.3, -0.25) is 0 Å². The number of rotatable bonds is 8. The number of hydrogen-bond acceptors (Lipinski definition) is 12. The SMILES string of the molecule is CCc1c(C)nc2sc(C(=O)OC(C)(C)C)c(-c3ccc(OC)cc3)c2c1C.CCc1c(C)nc2sc(C(=O)OC(C)(C)C)c(I)c2c1C.COc1ccc(B(O)O)cc1. The molecular formula is C46H56BIN2O8S2. The van der Waals surface area contributed by atoms with Crippen molar-refractivity contribution in [2.75, 3.05) is 14.2 Å². The Hall–Kier alpha value is -4.09. The van der Waals surface area contributed by atoms with E-state index in [2.05, 4.69) is 55.3 Å². The van der Waals surface area contributed by atoms with E-state index in [1.165, 1.54) is 44.9 Å². The van der Waals surface area contributed by atoms with Crippen molar-refractivity contribution in [1.29, 1.82) is 0 Å². The van der Waals surface area contributed by atoms with E-state index in [4.69, 9.17) is 34.0 Å². The Morgan fingerprint density at radius 1 is 0.667 bits per heavy atom. The van der Waals surface area contributed by atoms with E-state index in [0.717, 1.165) is 65.1 Å². The smallest absolute Gasteiger partial charge is 0.488 e. The molecule has 0 amide bonds. The fourth-order valence-corrected chi connectivity index (χ4v) is 10.3. The van der Waals surface area contributed by atoms with Crippen LogP contribution < -0.4 is 14.9 Å². The van der Waals surface area contributed by atoms with E-state index >= 15 is 0 Å². The second-order valence-corrected chi connectivity index (χ2v) is 19.2. The second-order valence-electron chi connectivity index (χ2n) is 16.1. The zero-order valence-electron chi connectivity index (χ0n) is 37.0. The van der Waals surface area contributed by atoms with Crippen LogP contribution in [0.2, 0.25) is 0 Å². The predicted molar refractivity (Wildman–Crippen MR) is 255 cm³/mol. The van der Waals surface area contributed by atoms with Crippen LogP contribution in [-0.2, 0) is 22.3 Å². The molecule has 10 nitrogen and oxygen atoms in total. The molecule has 2 N–H and O–H groups in total. The molecule has 0 aliphatic rings. The highest BCUT2D eigenvalue weighted by Crippen LogP contribution is 2.42.